The third-order valence-electron chi connectivity index (χ3n) is 2.05. The lowest BCUT2D eigenvalue weighted by atomic mass is 10.1. The molecule has 0 bridgehead atoms. The zero-order chi connectivity index (χ0) is 11.1. The Morgan fingerprint density at radius 2 is 2.00 bits per heavy atom. The number of aromatic amines is 1. The fraction of sp³-hybridized carbons (Fsp3) is 0.455. The van der Waals surface area contributed by atoms with Gasteiger partial charge in [-0.3, -0.25) is 0 Å². The van der Waals surface area contributed by atoms with Gasteiger partial charge in [-0.05, 0) is 33.8 Å². The zero-order valence-corrected chi connectivity index (χ0v) is 9.55. The molecule has 0 aliphatic carbocycles. The summed E-state index contributed by atoms with van der Waals surface area (Å²) in [6, 6.07) is 2.06. The zero-order valence-electron chi connectivity index (χ0n) is 9.55. The van der Waals surface area contributed by atoms with Crippen LogP contribution in [0, 0.1) is 6.92 Å². The smallest absolute Gasteiger partial charge is 0.143 e. The highest BCUT2D eigenvalue weighted by Crippen LogP contribution is 2.22. The molecule has 2 aromatic rings. The molecule has 2 heterocycles. The maximum atomic E-state index is 4.26. The second kappa shape index (κ2) is 3.22. The summed E-state index contributed by atoms with van der Waals surface area (Å²) in [6.07, 6.45) is 1.58. The Kier molecular flexibility index (Phi) is 2.14. The first-order valence-corrected chi connectivity index (χ1v) is 5.04. The van der Waals surface area contributed by atoms with Gasteiger partial charge in [0.15, 0.2) is 0 Å². The van der Waals surface area contributed by atoms with Crippen LogP contribution in [0.3, 0.4) is 0 Å². The monoisotopic (exact) mass is 204 g/mol. The van der Waals surface area contributed by atoms with Gasteiger partial charge in [0.1, 0.15) is 17.8 Å². The Morgan fingerprint density at radius 3 is 2.67 bits per heavy atom. The number of rotatable bonds is 1. The first-order valence-electron chi connectivity index (χ1n) is 5.04. The average Bonchev–Trinajstić information content (AvgIpc) is 2.43. The molecule has 0 aliphatic rings. The standard InChI is InChI=1S/C11H16N4/c1-7-5-8-9(14-7)12-6-13-10(8)15-11(2,3)4/h5-6H,1-4H3,(H2,12,13,14,15). The molecule has 80 valence electrons. The van der Waals surface area contributed by atoms with E-state index in [0.29, 0.717) is 0 Å². The highest BCUT2D eigenvalue weighted by molar-refractivity contribution is 5.87. The van der Waals surface area contributed by atoms with Crippen LogP contribution in [0.15, 0.2) is 12.4 Å². The van der Waals surface area contributed by atoms with Crippen molar-refractivity contribution < 1.29 is 0 Å². The van der Waals surface area contributed by atoms with Crippen molar-refractivity contribution in [3.8, 4) is 0 Å². The third-order valence-corrected chi connectivity index (χ3v) is 2.05. The molecule has 0 aliphatic heterocycles. The number of nitrogens with one attached hydrogen (secondary N) is 2. The quantitative estimate of drug-likeness (QED) is 0.750. The lowest BCUT2D eigenvalue weighted by Crippen LogP contribution is -2.26. The van der Waals surface area contributed by atoms with E-state index in [-0.39, 0.29) is 5.54 Å². The van der Waals surface area contributed by atoms with Gasteiger partial charge in [-0.1, -0.05) is 0 Å². The van der Waals surface area contributed by atoms with Crippen molar-refractivity contribution in [2.45, 2.75) is 33.2 Å². The van der Waals surface area contributed by atoms with E-state index in [4.69, 9.17) is 0 Å². The van der Waals surface area contributed by atoms with E-state index in [1.165, 1.54) is 0 Å². The number of anilines is 1. The summed E-state index contributed by atoms with van der Waals surface area (Å²) in [5, 5.41) is 4.41. The molecule has 0 saturated heterocycles. The molecule has 4 heteroatoms. The second-order valence-electron chi connectivity index (χ2n) is 4.81. The number of H-pyrrole nitrogens is 1. The van der Waals surface area contributed by atoms with Crippen LogP contribution in [-0.4, -0.2) is 20.5 Å². The molecule has 0 atom stereocenters. The minimum atomic E-state index is 0.00641. The van der Waals surface area contributed by atoms with Crippen molar-refractivity contribution in [2.24, 2.45) is 0 Å². The van der Waals surface area contributed by atoms with E-state index in [2.05, 4.69) is 47.1 Å². The fourth-order valence-electron chi connectivity index (χ4n) is 1.53. The normalized spacial score (nSPS) is 12.0. The number of aryl methyl sites for hydroxylation is 1. The first kappa shape index (κ1) is 9.96. The number of fused-ring (bicyclic) bond motifs is 1. The highest BCUT2D eigenvalue weighted by atomic mass is 15.1. The average molecular weight is 204 g/mol. The van der Waals surface area contributed by atoms with Crippen LogP contribution in [0.2, 0.25) is 0 Å². The van der Waals surface area contributed by atoms with Crippen molar-refractivity contribution in [3.05, 3.63) is 18.1 Å². The van der Waals surface area contributed by atoms with Gasteiger partial charge in [-0.25, -0.2) is 9.97 Å². The third kappa shape index (κ3) is 2.09. The summed E-state index contributed by atoms with van der Waals surface area (Å²) in [6.45, 7) is 8.35. The van der Waals surface area contributed by atoms with Gasteiger partial charge in [0.25, 0.3) is 0 Å². The van der Waals surface area contributed by atoms with Gasteiger partial charge >= 0.3 is 0 Å². The van der Waals surface area contributed by atoms with Crippen molar-refractivity contribution in [2.75, 3.05) is 5.32 Å². The van der Waals surface area contributed by atoms with Crippen molar-refractivity contribution in [1.29, 1.82) is 0 Å². The van der Waals surface area contributed by atoms with E-state index in [1.54, 1.807) is 6.33 Å². The van der Waals surface area contributed by atoms with Gasteiger partial charge < -0.3 is 10.3 Å². The van der Waals surface area contributed by atoms with Gasteiger partial charge in [-0.15, -0.1) is 0 Å². The summed E-state index contributed by atoms with van der Waals surface area (Å²) < 4.78 is 0. The predicted molar refractivity (Wildman–Crippen MR) is 62.0 cm³/mol. The molecule has 2 rings (SSSR count). The van der Waals surface area contributed by atoms with Gasteiger partial charge in [0, 0.05) is 11.2 Å². The topological polar surface area (TPSA) is 53.6 Å². The summed E-state index contributed by atoms with van der Waals surface area (Å²) in [7, 11) is 0. The molecule has 0 radical (unpaired) electrons. The lowest BCUT2D eigenvalue weighted by Gasteiger charge is -2.21. The number of hydrogen-bond donors (Lipinski definition) is 2. The summed E-state index contributed by atoms with van der Waals surface area (Å²) >= 11 is 0. The molecular formula is C11H16N4. The van der Waals surface area contributed by atoms with Crippen LogP contribution in [0.25, 0.3) is 11.0 Å². The predicted octanol–water partition coefficient (Wildman–Crippen LogP) is 2.48. The molecule has 0 fully saturated rings. The van der Waals surface area contributed by atoms with Crippen LogP contribution in [-0.2, 0) is 0 Å². The first-order chi connectivity index (χ1) is 6.96. The largest absolute Gasteiger partial charge is 0.365 e. The van der Waals surface area contributed by atoms with E-state index >= 15 is 0 Å². The molecular weight excluding hydrogens is 188 g/mol. The Balaban J connectivity index is 2.51. The summed E-state index contributed by atoms with van der Waals surface area (Å²) in [5.74, 6) is 0.886. The van der Waals surface area contributed by atoms with Crippen LogP contribution in [0.4, 0.5) is 5.82 Å². The molecule has 0 spiro atoms. The van der Waals surface area contributed by atoms with Crippen molar-refractivity contribution in [1.82, 2.24) is 15.0 Å². The Morgan fingerprint density at radius 1 is 1.27 bits per heavy atom. The number of hydrogen-bond acceptors (Lipinski definition) is 3. The van der Waals surface area contributed by atoms with E-state index in [9.17, 15) is 0 Å². The van der Waals surface area contributed by atoms with Crippen LogP contribution in [0.5, 0.6) is 0 Å². The van der Waals surface area contributed by atoms with Crippen molar-refractivity contribution in [3.63, 3.8) is 0 Å². The van der Waals surface area contributed by atoms with Crippen LogP contribution >= 0.6 is 0 Å². The Bertz CT molecular complexity index is 479. The summed E-state index contributed by atoms with van der Waals surface area (Å²) in [5.41, 5.74) is 1.99. The van der Waals surface area contributed by atoms with Crippen molar-refractivity contribution >= 4 is 16.9 Å². The fourth-order valence-corrected chi connectivity index (χ4v) is 1.53. The molecule has 4 nitrogen and oxygen atoms in total. The van der Waals surface area contributed by atoms with Crippen LogP contribution < -0.4 is 5.32 Å². The number of aromatic nitrogens is 3. The highest BCUT2D eigenvalue weighted by Gasteiger charge is 2.13. The van der Waals surface area contributed by atoms with E-state index < -0.39 is 0 Å². The molecule has 2 aromatic heterocycles. The SMILES string of the molecule is Cc1cc2c(NC(C)(C)C)ncnc2[nH]1. The minimum Gasteiger partial charge on any atom is -0.365 e. The van der Waals surface area contributed by atoms with Crippen LogP contribution in [0.1, 0.15) is 26.5 Å². The lowest BCUT2D eigenvalue weighted by molar-refractivity contribution is 0.631. The van der Waals surface area contributed by atoms with E-state index in [0.717, 1.165) is 22.5 Å². The molecule has 0 unspecified atom stereocenters. The number of nitrogens with zero attached hydrogens (tertiary/aromatic N) is 2. The van der Waals surface area contributed by atoms with Gasteiger partial charge in [0.2, 0.25) is 0 Å². The van der Waals surface area contributed by atoms with E-state index in [1.807, 2.05) is 6.92 Å². The molecule has 15 heavy (non-hydrogen) atoms. The second-order valence-corrected chi connectivity index (χ2v) is 4.81. The Labute approximate surface area is 89.1 Å². The molecule has 0 saturated carbocycles. The maximum Gasteiger partial charge on any atom is 0.143 e. The Hall–Kier alpha value is -1.58. The molecule has 2 N–H and O–H groups in total. The molecule has 0 aromatic carbocycles. The summed E-state index contributed by atoms with van der Waals surface area (Å²) in [4.78, 5) is 11.6. The van der Waals surface area contributed by atoms with Gasteiger partial charge in [0.05, 0.1) is 5.39 Å². The molecule has 0 amide bonds. The minimum absolute atomic E-state index is 0.00641. The maximum absolute atomic E-state index is 4.26. The van der Waals surface area contributed by atoms with Gasteiger partial charge in [-0.2, -0.15) is 0 Å².